The molecule has 102 valence electrons. The molecule has 1 N–H and O–H groups in total. The van der Waals surface area contributed by atoms with E-state index in [0.29, 0.717) is 18.1 Å². The van der Waals surface area contributed by atoms with Gasteiger partial charge in [-0.25, -0.2) is 0 Å². The van der Waals surface area contributed by atoms with Crippen molar-refractivity contribution in [1.82, 2.24) is 5.32 Å². The second-order valence-corrected chi connectivity index (χ2v) is 6.86. The summed E-state index contributed by atoms with van der Waals surface area (Å²) >= 11 is 0. The summed E-state index contributed by atoms with van der Waals surface area (Å²) in [5.74, 6) is -0.402. The van der Waals surface area contributed by atoms with Gasteiger partial charge in [-0.3, -0.25) is 0 Å². The quantitative estimate of drug-likeness (QED) is 0.805. The lowest BCUT2D eigenvalue weighted by atomic mass is 9.89. The Kier molecular flexibility index (Phi) is 4.99. The van der Waals surface area contributed by atoms with Gasteiger partial charge in [-0.15, -0.1) is 0 Å². The summed E-state index contributed by atoms with van der Waals surface area (Å²) in [4.78, 5) is 0. The number of nitrogens with one attached hydrogen (secondary N) is 1. The third-order valence-electron chi connectivity index (χ3n) is 3.09. The Hall–Kier alpha value is -0.120. The van der Waals surface area contributed by atoms with Crippen molar-refractivity contribution < 1.29 is 9.47 Å². The SMILES string of the molecule is CC(CCC(C)(C)C)NCC1COC(C)(C)O1. The fraction of sp³-hybridized carbons (Fsp3) is 1.00. The number of ether oxygens (including phenoxy) is 2. The van der Waals surface area contributed by atoms with Gasteiger partial charge in [0.1, 0.15) is 0 Å². The van der Waals surface area contributed by atoms with Crippen molar-refractivity contribution in [1.29, 1.82) is 0 Å². The fourth-order valence-corrected chi connectivity index (χ4v) is 1.95. The lowest BCUT2D eigenvalue weighted by Crippen LogP contribution is -2.36. The minimum Gasteiger partial charge on any atom is -0.348 e. The molecular weight excluding hydrogens is 214 g/mol. The van der Waals surface area contributed by atoms with Crippen molar-refractivity contribution in [3.05, 3.63) is 0 Å². The molecule has 0 radical (unpaired) electrons. The molecule has 0 saturated carbocycles. The molecule has 0 aromatic carbocycles. The van der Waals surface area contributed by atoms with Gasteiger partial charge in [0.2, 0.25) is 0 Å². The predicted octanol–water partition coefficient (Wildman–Crippen LogP) is 2.94. The molecule has 0 amide bonds. The Bertz CT molecular complexity index is 233. The summed E-state index contributed by atoms with van der Waals surface area (Å²) in [6, 6.07) is 0.543. The van der Waals surface area contributed by atoms with Crippen molar-refractivity contribution in [2.24, 2.45) is 5.41 Å². The highest BCUT2D eigenvalue weighted by Gasteiger charge is 2.32. The molecule has 1 rings (SSSR count). The third-order valence-corrected chi connectivity index (χ3v) is 3.09. The van der Waals surface area contributed by atoms with Gasteiger partial charge in [0, 0.05) is 12.6 Å². The van der Waals surface area contributed by atoms with Crippen LogP contribution in [0.4, 0.5) is 0 Å². The van der Waals surface area contributed by atoms with Crippen LogP contribution in [0.2, 0.25) is 0 Å². The second kappa shape index (κ2) is 5.68. The van der Waals surface area contributed by atoms with Crippen LogP contribution in [0.15, 0.2) is 0 Å². The van der Waals surface area contributed by atoms with Crippen molar-refractivity contribution in [2.75, 3.05) is 13.2 Å². The van der Waals surface area contributed by atoms with Crippen LogP contribution >= 0.6 is 0 Å². The number of rotatable bonds is 5. The van der Waals surface area contributed by atoms with E-state index in [4.69, 9.17) is 9.47 Å². The van der Waals surface area contributed by atoms with E-state index >= 15 is 0 Å². The highest BCUT2D eigenvalue weighted by Crippen LogP contribution is 2.23. The van der Waals surface area contributed by atoms with Crippen LogP contribution in [0.25, 0.3) is 0 Å². The van der Waals surface area contributed by atoms with Crippen LogP contribution in [0.5, 0.6) is 0 Å². The number of hydrogen-bond donors (Lipinski definition) is 1. The third kappa shape index (κ3) is 6.39. The molecule has 0 bridgehead atoms. The smallest absolute Gasteiger partial charge is 0.163 e. The highest BCUT2D eigenvalue weighted by atomic mass is 16.7. The Morgan fingerprint density at radius 2 is 2.00 bits per heavy atom. The summed E-state index contributed by atoms with van der Waals surface area (Å²) in [5, 5.41) is 3.53. The zero-order chi connectivity index (χ0) is 13.1. The maximum Gasteiger partial charge on any atom is 0.163 e. The first-order chi connectivity index (χ1) is 7.68. The first kappa shape index (κ1) is 14.9. The zero-order valence-corrected chi connectivity index (χ0v) is 12.3. The van der Waals surface area contributed by atoms with Gasteiger partial charge < -0.3 is 14.8 Å². The topological polar surface area (TPSA) is 30.5 Å². The Morgan fingerprint density at radius 1 is 1.35 bits per heavy atom. The summed E-state index contributed by atoms with van der Waals surface area (Å²) < 4.78 is 11.3. The van der Waals surface area contributed by atoms with E-state index in [1.165, 1.54) is 12.8 Å². The van der Waals surface area contributed by atoms with Gasteiger partial charge in [0.15, 0.2) is 5.79 Å². The lowest BCUT2D eigenvalue weighted by molar-refractivity contribution is -0.137. The van der Waals surface area contributed by atoms with Crippen LogP contribution in [0.3, 0.4) is 0 Å². The van der Waals surface area contributed by atoms with Crippen LogP contribution < -0.4 is 5.32 Å². The van der Waals surface area contributed by atoms with Gasteiger partial charge >= 0.3 is 0 Å². The number of hydrogen-bond acceptors (Lipinski definition) is 3. The molecule has 3 heteroatoms. The lowest BCUT2D eigenvalue weighted by Gasteiger charge is -2.23. The molecule has 0 spiro atoms. The molecule has 0 aromatic rings. The van der Waals surface area contributed by atoms with Gasteiger partial charge in [0.25, 0.3) is 0 Å². The van der Waals surface area contributed by atoms with E-state index in [0.717, 1.165) is 6.54 Å². The fourth-order valence-electron chi connectivity index (χ4n) is 1.95. The molecule has 3 nitrogen and oxygen atoms in total. The molecule has 1 heterocycles. The van der Waals surface area contributed by atoms with E-state index in [2.05, 4.69) is 33.0 Å². The molecular formula is C14H29NO2. The zero-order valence-electron chi connectivity index (χ0n) is 12.3. The second-order valence-electron chi connectivity index (χ2n) is 6.86. The standard InChI is InChI=1S/C14H29NO2/c1-11(7-8-13(2,3)4)15-9-12-10-16-14(5,6)17-12/h11-12,15H,7-10H2,1-6H3. The average Bonchev–Trinajstić information content (AvgIpc) is 2.51. The highest BCUT2D eigenvalue weighted by molar-refractivity contribution is 4.75. The van der Waals surface area contributed by atoms with Gasteiger partial charge in [-0.1, -0.05) is 20.8 Å². The summed E-state index contributed by atoms with van der Waals surface area (Å²) in [7, 11) is 0. The summed E-state index contributed by atoms with van der Waals surface area (Å²) in [6.07, 6.45) is 2.65. The largest absolute Gasteiger partial charge is 0.348 e. The Balaban J connectivity index is 2.14. The average molecular weight is 243 g/mol. The molecule has 2 unspecified atom stereocenters. The Labute approximate surface area is 106 Å². The normalized spacial score (nSPS) is 26.1. The summed E-state index contributed by atoms with van der Waals surface area (Å²) in [5.41, 5.74) is 0.422. The molecule has 0 aliphatic carbocycles. The van der Waals surface area contributed by atoms with Crippen molar-refractivity contribution >= 4 is 0 Å². The van der Waals surface area contributed by atoms with Crippen molar-refractivity contribution in [2.45, 2.75) is 72.3 Å². The van der Waals surface area contributed by atoms with Gasteiger partial charge in [-0.05, 0) is 39.0 Å². The first-order valence-electron chi connectivity index (χ1n) is 6.73. The molecule has 0 aromatic heterocycles. The first-order valence-corrected chi connectivity index (χ1v) is 6.73. The summed E-state index contributed by atoms with van der Waals surface area (Å²) in [6.45, 7) is 14.6. The molecule has 1 aliphatic rings. The van der Waals surface area contributed by atoms with Gasteiger partial charge in [0.05, 0.1) is 12.7 Å². The maximum atomic E-state index is 5.76. The van der Waals surface area contributed by atoms with Crippen LogP contribution in [-0.2, 0) is 9.47 Å². The minimum atomic E-state index is -0.402. The predicted molar refractivity (Wildman–Crippen MR) is 71.1 cm³/mol. The monoisotopic (exact) mass is 243 g/mol. The van der Waals surface area contributed by atoms with Crippen LogP contribution in [-0.4, -0.2) is 31.1 Å². The van der Waals surface area contributed by atoms with E-state index in [9.17, 15) is 0 Å². The van der Waals surface area contributed by atoms with Gasteiger partial charge in [-0.2, -0.15) is 0 Å². The minimum absolute atomic E-state index is 0.196. The van der Waals surface area contributed by atoms with Crippen molar-refractivity contribution in [3.63, 3.8) is 0 Å². The molecule has 1 saturated heterocycles. The molecule has 2 atom stereocenters. The van der Waals surface area contributed by atoms with Crippen molar-refractivity contribution in [3.8, 4) is 0 Å². The van der Waals surface area contributed by atoms with Crippen LogP contribution in [0, 0.1) is 5.41 Å². The maximum absolute atomic E-state index is 5.76. The molecule has 17 heavy (non-hydrogen) atoms. The molecule has 1 aliphatic heterocycles. The van der Waals surface area contributed by atoms with E-state index < -0.39 is 5.79 Å². The van der Waals surface area contributed by atoms with E-state index in [1.807, 2.05) is 13.8 Å². The van der Waals surface area contributed by atoms with Crippen LogP contribution in [0.1, 0.15) is 54.4 Å². The Morgan fingerprint density at radius 3 is 2.47 bits per heavy atom. The van der Waals surface area contributed by atoms with E-state index in [1.54, 1.807) is 0 Å². The molecule has 1 fully saturated rings. The van der Waals surface area contributed by atoms with E-state index in [-0.39, 0.29) is 6.10 Å².